The van der Waals surface area contributed by atoms with Crippen LogP contribution in [0.15, 0.2) is 18.3 Å². The second-order valence-electron chi connectivity index (χ2n) is 4.30. The van der Waals surface area contributed by atoms with E-state index in [4.69, 9.17) is 10.00 Å². The lowest BCUT2D eigenvalue weighted by atomic mass is 10.2. The molecule has 0 amide bonds. The fraction of sp³-hybridized carbons (Fsp3) is 0.538. The minimum atomic E-state index is 0.514. The molecule has 0 unspecified atom stereocenters. The highest BCUT2D eigenvalue weighted by molar-refractivity contribution is 5.40. The summed E-state index contributed by atoms with van der Waals surface area (Å²) in [5.41, 5.74) is 0. The fourth-order valence-corrected chi connectivity index (χ4v) is 1.61. The van der Waals surface area contributed by atoms with Crippen molar-refractivity contribution in [2.45, 2.75) is 20.3 Å². The Kier molecular flexibility index (Phi) is 5.28. The zero-order valence-electron chi connectivity index (χ0n) is 10.7. The number of aromatic nitrogens is 1. The molecule has 0 bridgehead atoms. The molecule has 0 fully saturated rings. The van der Waals surface area contributed by atoms with Crippen LogP contribution < -0.4 is 9.64 Å². The number of nitriles is 1. The lowest BCUT2D eigenvalue weighted by Gasteiger charge is -2.24. The Hall–Kier alpha value is -1.76. The molecule has 0 N–H and O–H groups in total. The summed E-state index contributed by atoms with van der Waals surface area (Å²) in [5.74, 6) is 2.19. The van der Waals surface area contributed by atoms with Crippen LogP contribution in [0.2, 0.25) is 0 Å². The van der Waals surface area contributed by atoms with Gasteiger partial charge in [0.15, 0.2) is 0 Å². The van der Waals surface area contributed by atoms with Gasteiger partial charge in [-0.25, -0.2) is 4.98 Å². The first-order valence-electron chi connectivity index (χ1n) is 5.79. The topological polar surface area (TPSA) is 49.1 Å². The molecule has 4 heteroatoms. The smallest absolute Gasteiger partial charge is 0.137 e. The monoisotopic (exact) mass is 233 g/mol. The SMILES string of the molecule is COc1ccc(N(CCC#N)CC(C)C)nc1. The molecule has 0 saturated heterocycles. The maximum Gasteiger partial charge on any atom is 0.137 e. The van der Waals surface area contributed by atoms with Crippen LogP contribution in [0.4, 0.5) is 5.82 Å². The van der Waals surface area contributed by atoms with Gasteiger partial charge in [-0.3, -0.25) is 0 Å². The highest BCUT2D eigenvalue weighted by Crippen LogP contribution is 2.16. The standard InChI is InChI=1S/C13H19N3O/c1-11(2)10-16(8-4-7-14)13-6-5-12(17-3)9-15-13/h5-6,9,11H,4,8,10H2,1-3H3. The van der Waals surface area contributed by atoms with Crippen molar-refractivity contribution in [1.82, 2.24) is 4.98 Å². The Morgan fingerprint density at radius 2 is 2.24 bits per heavy atom. The lowest BCUT2D eigenvalue weighted by molar-refractivity contribution is 0.413. The first-order chi connectivity index (χ1) is 8.17. The van der Waals surface area contributed by atoms with Gasteiger partial charge in [-0.2, -0.15) is 5.26 Å². The van der Waals surface area contributed by atoms with Crippen molar-refractivity contribution in [2.75, 3.05) is 25.1 Å². The summed E-state index contributed by atoms with van der Waals surface area (Å²) in [7, 11) is 1.62. The van der Waals surface area contributed by atoms with E-state index >= 15 is 0 Å². The number of ether oxygens (including phenoxy) is 1. The molecule has 0 radical (unpaired) electrons. The Morgan fingerprint density at radius 3 is 2.71 bits per heavy atom. The van der Waals surface area contributed by atoms with Crippen molar-refractivity contribution >= 4 is 5.82 Å². The van der Waals surface area contributed by atoms with Gasteiger partial charge >= 0.3 is 0 Å². The van der Waals surface area contributed by atoms with Crippen molar-refractivity contribution in [1.29, 1.82) is 5.26 Å². The second-order valence-corrected chi connectivity index (χ2v) is 4.30. The lowest BCUT2D eigenvalue weighted by Crippen LogP contribution is -2.29. The van der Waals surface area contributed by atoms with Gasteiger partial charge < -0.3 is 9.64 Å². The van der Waals surface area contributed by atoms with Gasteiger partial charge in [-0.05, 0) is 18.1 Å². The van der Waals surface area contributed by atoms with E-state index in [1.54, 1.807) is 13.3 Å². The van der Waals surface area contributed by atoms with Crippen LogP contribution in [-0.2, 0) is 0 Å². The van der Waals surface area contributed by atoms with Crippen LogP contribution in [-0.4, -0.2) is 25.2 Å². The molecular formula is C13H19N3O. The van der Waals surface area contributed by atoms with E-state index in [0.29, 0.717) is 18.9 Å². The molecule has 0 aromatic carbocycles. The first-order valence-corrected chi connectivity index (χ1v) is 5.79. The molecule has 0 spiro atoms. The highest BCUT2D eigenvalue weighted by atomic mass is 16.5. The zero-order valence-corrected chi connectivity index (χ0v) is 10.7. The molecule has 0 atom stereocenters. The molecule has 1 aromatic rings. The summed E-state index contributed by atoms with van der Waals surface area (Å²) in [6, 6.07) is 5.99. The molecule has 1 heterocycles. The second kappa shape index (κ2) is 6.74. The third-order valence-electron chi connectivity index (χ3n) is 2.36. The zero-order chi connectivity index (χ0) is 12.7. The Bertz CT molecular complexity index is 367. The number of hydrogen-bond donors (Lipinski definition) is 0. The van der Waals surface area contributed by atoms with Crippen molar-refractivity contribution in [2.24, 2.45) is 5.92 Å². The van der Waals surface area contributed by atoms with Crippen molar-refractivity contribution in [3.05, 3.63) is 18.3 Å². The number of anilines is 1. The van der Waals surface area contributed by atoms with Gasteiger partial charge in [-0.15, -0.1) is 0 Å². The molecular weight excluding hydrogens is 214 g/mol. The van der Waals surface area contributed by atoms with Crippen LogP contribution in [0.3, 0.4) is 0 Å². The van der Waals surface area contributed by atoms with E-state index in [0.717, 1.165) is 18.1 Å². The van der Waals surface area contributed by atoms with Gasteiger partial charge in [0.05, 0.1) is 25.8 Å². The fourth-order valence-electron chi connectivity index (χ4n) is 1.61. The van der Waals surface area contributed by atoms with Crippen LogP contribution in [0, 0.1) is 17.2 Å². The maximum absolute atomic E-state index is 8.66. The van der Waals surface area contributed by atoms with Gasteiger partial charge in [0.2, 0.25) is 0 Å². The van der Waals surface area contributed by atoms with E-state index < -0.39 is 0 Å². The number of pyridine rings is 1. The Balaban J connectivity index is 2.76. The van der Waals surface area contributed by atoms with E-state index in [-0.39, 0.29) is 0 Å². The molecule has 0 aliphatic carbocycles. The molecule has 0 saturated carbocycles. The number of hydrogen-bond acceptors (Lipinski definition) is 4. The van der Waals surface area contributed by atoms with Crippen molar-refractivity contribution in [3.8, 4) is 11.8 Å². The Morgan fingerprint density at radius 1 is 1.47 bits per heavy atom. The third kappa shape index (κ3) is 4.31. The largest absolute Gasteiger partial charge is 0.495 e. The van der Waals surface area contributed by atoms with Crippen LogP contribution in [0.1, 0.15) is 20.3 Å². The van der Waals surface area contributed by atoms with Crippen LogP contribution >= 0.6 is 0 Å². The van der Waals surface area contributed by atoms with E-state index in [1.165, 1.54) is 0 Å². The maximum atomic E-state index is 8.66. The van der Waals surface area contributed by atoms with Gasteiger partial charge in [0, 0.05) is 13.1 Å². The average molecular weight is 233 g/mol. The van der Waals surface area contributed by atoms with Crippen LogP contribution in [0.25, 0.3) is 0 Å². The van der Waals surface area contributed by atoms with Crippen molar-refractivity contribution < 1.29 is 4.74 Å². The van der Waals surface area contributed by atoms with Crippen LogP contribution in [0.5, 0.6) is 5.75 Å². The molecule has 1 rings (SSSR count). The van der Waals surface area contributed by atoms with Gasteiger partial charge in [0.25, 0.3) is 0 Å². The number of methoxy groups -OCH3 is 1. The highest BCUT2D eigenvalue weighted by Gasteiger charge is 2.09. The average Bonchev–Trinajstić information content (AvgIpc) is 2.34. The molecule has 0 aliphatic rings. The third-order valence-corrected chi connectivity index (χ3v) is 2.36. The summed E-state index contributed by atoms with van der Waals surface area (Å²) in [6.45, 7) is 5.93. The predicted octanol–water partition coefficient (Wildman–Crippen LogP) is 2.47. The number of rotatable bonds is 6. The van der Waals surface area contributed by atoms with Gasteiger partial charge in [0.1, 0.15) is 11.6 Å². The Labute approximate surface area is 103 Å². The summed E-state index contributed by atoms with van der Waals surface area (Å²) in [4.78, 5) is 6.48. The van der Waals surface area contributed by atoms with Gasteiger partial charge in [-0.1, -0.05) is 13.8 Å². The van der Waals surface area contributed by atoms with Crippen molar-refractivity contribution in [3.63, 3.8) is 0 Å². The molecule has 4 nitrogen and oxygen atoms in total. The van der Waals surface area contributed by atoms with E-state index in [9.17, 15) is 0 Å². The molecule has 1 aromatic heterocycles. The molecule has 17 heavy (non-hydrogen) atoms. The summed E-state index contributed by atoms with van der Waals surface area (Å²) in [5, 5.41) is 8.66. The summed E-state index contributed by atoms with van der Waals surface area (Å²) < 4.78 is 5.08. The summed E-state index contributed by atoms with van der Waals surface area (Å²) in [6.07, 6.45) is 2.22. The minimum Gasteiger partial charge on any atom is -0.495 e. The summed E-state index contributed by atoms with van der Waals surface area (Å²) >= 11 is 0. The minimum absolute atomic E-state index is 0.514. The normalized spacial score (nSPS) is 10.1. The quantitative estimate of drug-likeness (QED) is 0.757. The molecule has 0 aliphatic heterocycles. The van der Waals surface area contributed by atoms with E-state index in [1.807, 2.05) is 12.1 Å². The number of nitrogens with zero attached hydrogens (tertiary/aromatic N) is 3. The predicted molar refractivity (Wildman–Crippen MR) is 68.1 cm³/mol. The van der Waals surface area contributed by atoms with E-state index in [2.05, 4.69) is 29.8 Å². The first kappa shape index (κ1) is 13.3. The molecule has 92 valence electrons.